The van der Waals surface area contributed by atoms with Crippen molar-refractivity contribution in [2.75, 3.05) is 11.8 Å². The lowest BCUT2D eigenvalue weighted by Crippen LogP contribution is -2.32. The lowest BCUT2D eigenvalue weighted by molar-refractivity contribution is 0.283. The predicted molar refractivity (Wildman–Crippen MR) is 58.8 cm³/mol. The van der Waals surface area contributed by atoms with Crippen molar-refractivity contribution in [2.24, 2.45) is 11.8 Å². The minimum atomic E-state index is -3.22. The standard InChI is InChI=1S/C9H18ClNO2S/c1-8-3-2-4-9(5-8)6-11-14(12,13)7-10/h8-9,11H,2-7H2,1H3. The highest BCUT2D eigenvalue weighted by molar-refractivity contribution is 7.90. The molecule has 3 nitrogen and oxygen atoms in total. The number of sulfonamides is 1. The monoisotopic (exact) mass is 239 g/mol. The second-order valence-electron chi connectivity index (χ2n) is 4.21. The number of halogens is 1. The molecular formula is C9H18ClNO2S. The summed E-state index contributed by atoms with van der Waals surface area (Å²) in [5.41, 5.74) is 0. The normalized spacial score (nSPS) is 29.0. The lowest BCUT2D eigenvalue weighted by atomic mass is 9.83. The van der Waals surface area contributed by atoms with Gasteiger partial charge in [-0.25, -0.2) is 13.1 Å². The topological polar surface area (TPSA) is 46.2 Å². The van der Waals surface area contributed by atoms with Gasteiger partial charge in [-0.1, -0.05) is 19.8 Å². The zero-order valence-electron chi connectivity index (χ0n) is 8.50. The van der Waals surface area contributed by atoms with Crippen LogP contribution in [-0.2, 0) is 10.0 Å². The van der Waals surface area contributed by atoms with Crippen molar-refractivity contribution >= 4 is 21.6 Å². The van der Waals surface area contributed by atoms with Gasteiger partial charge in [0.2, 0.25) is 10.0 Å². The molecule has 5 heteroatoms. The third-order valence-electron chi connectivity index (χ3n) is 2.78. The maximum Gasteiger partial charge on any atom is 0.225 e. The molecule has 2 atom stereocenters. The van der Waals surface area contributed by atoms with Gasteiger partial charge in [0.1, 0.15) is 5.21 Å². The fourth-order valence-corrected chi connectivity index (χ4v) is 2.83. The predicted octanol–water partition coefficient (Wildman–Crippen LogP) is 1.93. The summed E-state index contributed by atoms with van der Waals surface area (Å²) in [7, 11) is -3.22. The molecule has 84 valence electrons. The van der Waals surface area contributed by atoms with E-state index in [-0.39, 0.29) is 5.21 Å². The van der Waals surface area contributed by atoms with E-state index in [0.717, 1.165) is 18.8 Å². The molecule has 0 radical (unpaired) electrons. The SMILES string of the molecule is CC1CCCC(CNS(=O)(=O)CCl)C1. The van der Waals surface area contributed by atoms with Gasteiger partial charge in [-0.05, 0) is 24.7 Å². The number of hydrogen-bond acceptors (Lipinski definition) is 2. The zero-order chi connectivity index (χ0) is 10.6. The third kappa shape index (κ3) is 4.15. The molecule has 0 aromatic rings. The Bertz CT molecular complexity index is 266. The molecule has 2 unspecified atom stereocenters. The molecule has 0 aliphatic heterocycles. The molecular weight excluding hydrogens is 222 g/mol. The number of nitrogens with one attached hydrogen (secondary N) is 1. The van der Waals surface area contributed by atoms with Crippen LogP contribution in [0.15, 0.2) is 0 Å². The average Bonchev–Trinajstić information content (AvgIpc) is 2.15. The van der Waals surface area contributed by atoms with Crippen LogP contribution in [0.2, 0.25) is 0 Å². The van der Waals surface area contributed by atoms with Crippen molar-refractivity contribution < 1.29 is 8.42 Å². The molecule has 0 spiro atoms. The Morgan fingerprint density at radius 2 is 2.14 bits per heavy atom. The average molecular weight is 240 g/mol. The van der Waals surface area contributed by atoms with Crippen molar-refractivity contribution in [3.8, 4) is 0 Å². The minimum absolute atomic E-state index is 0.338. The third-order valence-corrected chi connectivity index (χ3v) is 4.54. The van der Waals surface area contributed by atoms with Crippen LogP contribution in [0.3, 0.4) is 0 Å². The van der Waals surface area contributed by atoms with E-state index in [2.05, 4.69) is 11.6 Å². The summed E-state index contributed by atoms with van der Waals surface area (Å²) in [4.78, 5) is 0. The van der Waals surface area contributed by atoms with E-state index in [9.17, 15) is 8.42 Å². The fraction of sp³-hybridized carbons (Fsp3) is 1.00. The molecule has 0 saturated heterocycles. The Labute approximate surface area is 91.3 Å². The Morgan fingerprint density at radius 1 is 1.43 bits per heavy atom. The Morgan fingerprint density at radius 3 is 2.71 bits per heavy atom. The van der Waals surface area contributed by atoms with E-state index < -0.39 is 10.0 Å². The summed E-state index contributed by atoms with van der Waals surface area (Å²) in [6, 6.07) is 0. The smallest absolute Gasteiger partial charge is 0.214 e. The van der Waals surface area contributed by atoms with Crippen LogP contribution in [-0.4, -0.2) is 20.2 Å². The highest BCUT2D eigenvalue weighted by Crippen LogP contribution is 2.27. The van der Waals surface area contributed by atoms with E-state index in [1.165, 1.54) is 12.8 Å². The van der Waals surface area contributed by atoms with Gasteiger partial charge in [-0.3, -0.25) is 0 Å². The largest absolute Gasteiger partial charge is 0.225 e. The Hall–Kier alpha value is 0.200. The van der Waals surface area contributed by atoms with Gasteiger partial charge in [0, 0.05) is 6.54 Å². The first-order chi connectivity index (χ1) is 6.53. The number of hydrogen-bond donors (Lipinski definition) is 1. The maximum absolute atomic E-state index is 11.1. The van der Waals surface area contributed by atoms with Crippen LogP contribution in [0.25, 0.3) is 0 Å². The molecule has 1 fully saturated rings. The van der Waals surface area contributed by atoms with E-state index in [0.29, 0.717) is 12.5 Å². The van der Waals surface area contributed by atoms with Gasteiger partial charge in [-0.2, -0.15) is 0 Å². The summed E-state index contributed by atoms with van der Waals surface area (Å²) < 4.78 is 24.7. The van der Waals surface area contributed by atoms with Gasteiger partial charge in [0.15, 0.2) is 0 Å². The van der Waals surface area contributed by atoms with Gasteiger partial charge in [0.05, 0.1) is 0 Å². The minimum Gasteiger partial charge on any atom is -0.214 e. The van der Waals surface area contributed by atoms with Crippen LogP contribution >= 0.6 is 11.6 Å². The molecule has 1 saturated carbocycles. The quantitative estimate of drug-likeness (QED) is 0.762. The Kier molecular flexibility index (Phi) is 4.67. The van der Waals surface area contributed by atoms with Crippen LogP contribution in [0.5, 0.6) is 0 Å². The van der Waals surface area contributed by atoms with Crippen LogP contribution in [0, 0.1) is 11.8 Å². The van der Waals surface area contributed by atoms with Crippen LogP contribution < -0.4 is 4.72 Å². The summed E-state index contributed by atoms with van der Waals surface area (Å²) in [6.07, 6.45) is 4.76. The van der Waals surface area contributed by atoms with Gasteiger partial charge in [0.25, 0.3) is 0 Å². The lowest BCUT2D eigenvalue weighted by Gasteiger charge is -2.26. The molecule has 1 N–H and O–H groups in total. The number of alkyl halides is 1. The molecule has 0 bridgehead atoms. The molecule has 0 amide bonds. The van der Waals surface area contributed by atoms with Gasteiger partial charge >= 0.3 is 0 Å². The Balaban J connectivity index is 2.31. The first kappa shape index (κ1) is 12.3. The molecule has 0 aromatic carbocycles. The summed E-state index contributed by atoms with van der Waals surface area (Å²) in [5, 5.41) is -0.338. The van der Waals surface area contributed by atoms with Gasteiger partial charge < -0.3 is 0 Å². The highest BCUT2D eigenvalue weighted by Gasteiger charge is 2.20. The molecule has 1 aliphatic carbocycles. The van der Waals surface area contributed by atoms with E-state index in [1.807, 2.05) is 0 Å². The van der Waals surface area contributed by atoms with Crippen LogP contribution in [0.4, 0.5) is 0 Å². The highest BCUT2D eigenvalue weighted by atomic mass is 35.5. The van der Waals surface area contributed by atoms with E-state index in [4.69, 9.17) is 11.6 Å². The second kappa shape index (κ2) is 5.33. The first-order valence-electron chi connectivity index (χ1n) is 5.07. The molecule has 0 aromatic heterocycles. The zero-order valence-corrected chi connectivity index (χ0v) is 10.1. The summed E-state index contributed by atoms with van der Waals surface area (Å²) >= 11 is 5.29. The van der Waals surface area contributed by atoms with Crippen molar-refractivity contribution in [1.82, 2.24) is 4.72 Å². The van der Waals surface area contributed by atoms with Crippen molar-refractivity contribution in [2.45, 2.75) is 32.6 Å². The fourth-order valence-electron chi connectivity index (χ4n) is 2.03. The van der Waals surface area contributed by atoms with E-state index in [1.54, 1.807) is 0 Å². The molecule has 0 heterocycles. The van der Waals surface area contributed by atoms with Crippen molar-refractivity contribution in [3.63, 3.8) is 0 Å². The van der Waals surface area contributed by atoms with Crippen LogP contribution in [0.1, 0.15) is 32.6 Å². The van der Waals surface area contributed by atoms with E-state index >= 15 is 0 Å². The summed E-state index contributed by atoms with van der Waals surface area (Å²) in [5.74, 6) is 1.23. The molecule has 14 heavy (non-hydrogen) atoms. The van der Waals surface area contributed by atoms with Crippen molar-refractivity contribution in [3.05, 3.63) is 0 Å². The molecule has 1 rings (SSSR count). The number of rotatable bonds is 4. The maximum atomic E-state index is 11.1. The second-order valence-corrected chi connectivity index (χ2v) is 6.60. The summed E-state index contributed by atoms with van der Waals surface area (Å²) in [6.45, 7) is 2.78. The first-order valence-corrected chi connectivity index (χ1v) is 7.25. The van der Waals surface area contributed by atoms with Gasteiger partial charge in [-0.15, -0.1) is 11.6 Å². The van der Waals surface area contributed by atoms with Crippen molar-refractivity contribution in [1.29, 1.82) is 0 Å². The molecule has 1 aliphatic rings.